The Balaban J connectivity index is 2.10. The Kier molecular flexibility index (Phi) is 2.10. The van der Waals surface area contributed by atoms with Crippen molar-refractivity contribution in [3.05, 3.63) is 36.7 Å². The molecule has 0 atom stereocenters. The van der Waals surface area contributed by atoms with E-state index in [1.54, 1.807) is 30.1 Å². The van der Waals surface area contributed by atoms with E-state index in [-0.39, 0.29) is 10.3 Å². The van der Waals surface area contributed by atoms with Crippen LogP contribution in [0.3, 0.4) is 0 Å². The molecule has 6 heteroatoms. The molecule has 2 heterocycles. The smallest absolute Gasteiger partial charge is 0.451 e. The highest BCUT2D eigenvalue weighted by Crippen LogP contribution is 2.47. The SMILES string of the molecule is CN1c2ccccc2Oc2cn(C(F)(F)F)cc21. The zero-order valence-corrected chi connectivity index (χ0v) is 9.40. The molecule has 0 fully saturated rings. The lowest BCUT2D eigenvalue weighted by atomic mass is 10.2. The van der Waals surface area contributed by atoms with Crippen LogP contribution in [0, 0.1) is 0 Å². The van der Waals surface area contributed by atoms with Gasteiger partial charge < -0.3 is 9.64 Å². The number of benzene rings is 1. The van der Waals surface area contributed by atoms with Gasteiger partial charge in [0, 0.05) is 13.2 Å². The molecule has 0 amide bonds. The van der Waals surface area contributed by atoms with Gasteiger partial charge in [-0.05, 0) is 12.1 Å². The molecule has 0 saturated heterocycles. The van der Waals surface area contributed by atoms with Gasteiger partial charge in [-0.3, -0.25) is 4.57 Å². The highest BCUT2D eigenvalue weighted by atomic mass is 19.4. The van der Waals surface area contributed by atoms with Gasteiger partial charge in [0.05, 0.1) is 11.9 Å². The molecule has 0 unspecified atom stereocenters. The van der Waals surface area contributed by atoms with Gasteiger partial charge in [0.15, 0.2) is 11.5 Å². The predicted octanol–water partition coefficient (Wildman–Crippen LogP) is 3.84. The van der Waals surface area contributed by atoms with Crippen LogP contribution in [0.5, 0.6) is 11.5 Å². The summed E-state index contributed by atoms with van der Waals surface area (Å²) in [5, 5.41) is 0. The Morgan fingerprint density at radius 1 is 1.00 bits per heavy atom. The number of ether oxygens (including phenoxy) is 1. The molecular formula is C12H9F3N2O. The summed E-state index contributed by atoms with van der Waals surface area (Å²) in [6.07, 6.45) is -2.47. The molecule has 0 aliphatic carbocycles. The summed E-state index contributed by atoms with van der Waals surface area (Å²) in [5.41, 5.74) is 1.14. The molecule has 3 nitrogen and oxygen atoms in total. The van der Waals surface area contributed by atoms with E-state index in [0.717, 1.165) is 18.1 Å². The first kappa shape index (κ1) is 11.0. The Hall–Kier alpha value is -2.11. The maximum absolute atomic E-state index is 12.6. The normalized spacial score (nSPS) is 13.9. The van der Waals surface area contributed by atoms with E-state index < -0.39 is 6.30 Å². The Morgan fingerprint density at radius 3 is 2.44 bits per heavy atom. The van der Waals surface area contributed by atoms with Crippen molar-refractivity contribution in [1.29, 1.82) is 0 Å². The molecule has 94 valence electrons. The molecule has 1 aromatic carbocycles. The quantitative estimate of drug-likeness (QED) is 0.710. The molecular weight excluding hydrogens is 245 g/mol. The van der Waals surface area contributed by atoms with E-state index in [4.69, 9.17) is 4.74 Å². The van der Waals surface area contributed by atoms with Crippen LogP contribution in [0.1, 0.15) is 0 Å². The molecule has 1 aliphatic rings. The maximum Gasteiger partial charge on any atom is 0.488 e. The molecule has 18 heavy (non-hydrogen) atoms. The fourth-order valence-corrected chi connectivity index (χ4v) is 1.97. The Labute approximate surface area is 101 Å². The van der Waals surface area contributed by atoms with Gasteiger partial charge in [-0.25, -0.2) is 0 Å². The van der Waals surface area contributed by atoms with Crippen LogP contribution in [0.4, 0.5) is 24.5 Å². The summed E-state index contributed by atoms with van der Waals surface area (Å²) >= 11 is 0. The number of para-hydroxylation sites is 2. The van der Waals surface area contributed by atoms with Gasteiger partial charge >= 0.3 is 6.30 Å². The molecule has 0 bridgehead atoms. The van der Waals surface area contributed by atoms with Crippen molar-refractivity contribution in [3.8, 4) is 11.5 Å². The third-order valence-corrected chi connectivity index (χ3v) is 2.87. The van der Waals surface area contributed by atoms with Crippen molar-refractivity contribution in [1.82, 2.24) is 4.57 Å². The van der Waals surface area contributed by atoms with Gasteiger partial charge in [-0.2, -0.15) is 0 Å². The molecule has 1 aliphatic heterocycles. The number of nitrogens with zero attached hydrogens (tertiary/aromatic N) is 2. The van der Waals surface area contributed by atoms with E-state index in [1.165, 1.54) is 0 Å². The lowest BCUT2D eigenvalue weighted by molar-refractivity contribution is -0.203. The zero-order valence-electron chi connectivity index (χ0n) is 9.40. The third-order valence-electron chi connectivity index (χ3n) is 2.87. The molecule has 0 radical (unpaired) electrons. The number of anilines is 2. The Bertz CT molecular complexity index is 604. The maximum atomic E-state index is 12.6. The molecule has 0 saturated carbocycles. The van der Waals surface area contributed by atoms with E-state index in [2.05, 4.69) is 0 Å². The van der Waals surface area contributed by atoms with Gasteiger partial charge in [0.25, 0.3) is 0 Å². The molecule has 1 aromatic heterocycles. The average Bonchev–Trinajstić information content (AvgIpc) is 2.73. The number of hydrogen-bond donors (Lipinski definition) is 0. The number of hydrogen-bond acceptors (Lipinski definition) is 2. The summed E-state index contributed by atoms with van der Waals surface area (Å²) in [6, 6.07) is 7.10. The van der Waals surface area contributed by atoms with E-state index in [9.17, 15) is 13.2 Å². The number of fused-ring (bicyclic) bond motifs is 2. The standard InChI is InChI=1S/C12H9F3N2O/c1-16-8-4-2-3-5-10(8)18-11-7-17(6-9(11)16)12(13,14)15/h2-7H,1H3. The zero-order chi connectivity index (χ0) is 12.9. The monoisotopic (exact) mass is 254 g/mol. The first-order chi connectivity index (χ1) is 8.47. The van der Waals surface area contributed by atoms with Crippen LogP contribution in [0.15, 0.2) is 36.7 Å². The van der Waals surface area contributed by atoms with Crippen molar-refractivity contribution < 1.29 is 17.9 Å². The van der Waals surface area contributed by atoms with Crippen LogP contribution >= 0.6 is 0 Å². The van der Waals surface area contributed by atoms with Gasteiger partial charge in [0.1, 0.15) is 5.69 Å². The largest absolute Gasteiger partial charge is 0.488 e. The van der Waals surface area contributed by atoms with Crippen LogP contribution in [-0.4, -0.2) is 11.6 Å². The number of rotatable bonds is 0. The molecule has 0 N–H and O–H groups in total. The second-order valence-electron chi connectivity index (χ2n) is 4.01. The third kappa shape index (κ3) is 1.53. The van der Waals surface area contributed by atoms with Crippen molar-refractivity contribution in [2.75, 3.05) is 11.9 Å². The number of aromatic nitrogens is 1. The molecule has 2 aromatic rings. The van der Waals surface area contributed by atoms with Gasteiger partial charge in [-0.1, -0.05) is 12.1 Å². The Morgan fingerprint density at radius 2 is 1.72 bits per heavy atom. The summed E-state index contributed by atoms with van der Waals surface area (Å²) < 4.78 is 43.5. The summed E-state index contributed by atoms with van der Waals surface area (Å²) in [5.74, 6) is 0.751. The van der Waals surface area contributed by atoms with Crippen molar-refractivity contribution in [3.63, 3.8) is 0 Å². The topological polar surface area (TPSA) is 17.4 Å². The van der Waals surface area contributed by atoms with Gasteiger partial charge in [0.2, 0.25) is 0 Å². The minimum Gasteiger partial charge on any atom is -0.451 e. The van der Waals surface area contributed by atoms with Crippen molar-refractivity contribution >= 4 is 11.4 Å². The van der Waals surface area contributed by atoms with Crippen LogP contribution in [-0.2, 0) is 6.30 Å². The van der Waals surface area contributed by atoms with E-state index in [0.29, 0.717) is 11.4 Å². The van der Waals surface area contributed by atoms with Crippen LogP contribution in [0.2, 0.25) is 0 Å². The highest BCUT2D eigenvalue weighted by Gasteiger charge is 2.34. The van der Waals surface area contributed by atoms with Gasteiger partial charge in [-0.15, -0.1) is 13.2 Å². The second-order valence-corrected chi connectivity index (χ2v) is 4.01. The first-order valence-electron chi connectivity index (χ1n) is 5.26. The van der Waals surface area contributed by atoms with Crippen LogP contribution < -0.4 is 9.64 Å². The fraction of sp³-hybridized carbons (Fsp3) is 0.167. The summed E-state index contributed by atoms with van der Waals surface area (Å²) in [7, 11) is 1.71. The highest BCUT2D eigenvalue weighted by molar-refractivity contribution is 5.76. The molecule has 0 spiro atoms. The minimum absolute atomic E-state index is 0.194. The fourth-order valence-electron chi connectivity index (χ4n) is 1.97. The first-order valence-corrected chi connectivity index (χ1v) is 5.26. The van der Waals surface area contributed by atoms with Crippen molar-refractivity contribution in [2.45, 2.75) is 6.30 Å². The number of alkyl halides is 3. The van der Waals surface area contributed by atoms with E-state index in [1.807, 2.05) is 6.07 Å². The summed E-state index contributed by atoms with van der Waals surface area (Å²) in [4.78, 5) is 1.68. The van der Waals surface area contributed by atoms with Crippen molar-refractivity contribution in [2.24, 2.45) is 0 Å². The second kappa shape index (κ2) is 3.44. The minimum atomic E-state index is -4.44. The lowest BCUT2D eigenvalue weighted by Crippen LogP contribution is -2.15. The lowest BCUT2D eigenvalue weighted by Gasteiger charge is -2.26. The number of halogens is 3. The predicted molar refractivity (Wildman–Crippen MR) is 60.3 cm³/mol. The van der Waals surface area contributed by atoms with E-state index >= 15 is 0 Å². The molecule has 3 rings (SSSR count). The van der Waals surface area contributed by atoms with Crippen LogP contribution in [0.25, 0.3) is 0 Å². The average molecular weight is 254 g/mol. The summed E-state index contributed by atoms with van der Waals surface area (Å²) in [6.45, 7) is 0.